The highest BCUT2D eigenvalue weighted by Crippen LogP contribution is 2.42. The van der Waals surface area contributed by atoms with Crippen LogP contribution in [0.1, 0.15) is 101 Å². The first-order chi connectivity index (χ1) is 18.5. The Balaban J connectivity index is 1.87. The lowest BCUT2D eigenvalue weighted by atomic mass is 9.82. The Labute approximate surface area is 237 Å². The first-order valence-corrected chi connectivity index (χ1v) is 15.5. The highest BCUT2D eigenvalue weighted by atomic mass is 32.2. The predicted molar refractivity (Wildman–Crippen MR) is 154 cm³/mol. The Morgan fingerprint density at radius 1 is 1.15 bits per heavy atom. The second-order valence-corrected chi connectivity index (χ2v) is 14.5. The molecule has 0 bridgehead atoms. The summed E-state index contributed by atoms with van der Waals surface area (Å²) in [4.78, 5) is 24.7. The molecule has 0 spiro atoms. The van der Waals surface area contributed by atoms with Gasteiger partial charge in [-0.25, -0.2) is 14.7 Å². The third-order valence-corrected chi connectivity index (χ3v) is 9.93. The summed E-state index contributed by atoms with van der Waals surface area (Å²) in [5, 5.41) is 22.2. The molecule has 3 unspecified atom stereocenters. The minimum atomic E-state index is -4.36. The van der Waals surface area contributed by atoms with E-state index in [1.165, 1.54) is 24.3 Å². The molecule has 11 heteroatoms. The van der Waals surface area contributed by atoms with Crippen LogP contribution in [0.3, 0.4) is 0 Å². The van der Waals surface area contributed by atoms with E-state index in [1.54, 1.807) is 0 Å². The van der Waals surface area contributed by atoms with Crippen LogP contribution in [-0.4, -0.2) is 52.7 Å². The summed E-state index contributed by atoms with van der Waals surface area (Å²) < 4.78 is 28.4. The van der Waals surface area contributed by atoms with E-state index in [4.69, 9.17) is 10.7 Å². The molecule has 220 valence electrons. The maximum Gasteiger partial charge on any atom is 0.281 e. The van der Waals surface area contributed by atoms with E-state index in [0.29, 0.717) is 23.6 Å². The van der Waals surface area contributed by atoms with Gasteiger partial charge in [-0.05, 0) is 63.1 Å². The number of amides is 1. The number of nitrogens with two attached hydrogens (primary N) is 1. The molecule has 1 aliphatic carbocycles. The number of hydrogen-bond acceptors (Lipinski definition) is 9. The number of hydrogen-bond donors (Lipinski definition) is 4. The Morgan fingerprint density at radius 3 is 2.35 bits per heavy atom. The fourth-order valence-corrected chi connectivity index (χ4v) is 6.82. The molecule has 2 aliphatic rings. The molecular weight excluding hydrogens is 530 g/mol. The van der Waals surface area contributed by atoms with Crippen LogP contribution in [-0.2, 0) is 15.4 Å². The standard InChI is InChI=1S/C29H43N5O5S/c1-17-14-15-34(29(17,5)6)26-20(27(37)33-40(38,39)22-13-9-12-21(30)31-22)16-19(25(32-26)28(2,3)4)24(36)23(35)18-10-7-8-11-18/h9,12-13,16-18,23-24,35-36H,7-8,10-11,14-15H2,1-6H3,(H2,30,31)(H,33,37). The van der Waals surface area contributed by atoms with Crippen molar-refractivity contribution in [3.63, 3.8) is 0 Å². The number of nitrogens with zero attached hydrogens (tertiary/aromatic N) is 3. The summed E-state index contributed by atoms with van der Waals surface area (Å²) in [6.45, 7) is 12.8. The van der Waals surface area contributed by atoms with Crippen LogP contribution in [0.2, 0.25) is 0 Å². The first-order valence-electron chi connectivity index (χ1n) is 14.0. The van der Waals surface area contributed by atoms with Gasteiger partial charge in [-0.15, -0.1) is 0 Å². The van der Waals surface area contributed by atoms with Gasteiger partial charge in [0.2, 0.25) is 0 Å². The van der Waals surface area contributed by atoms with Crippen LogP contribution in [0.15, 0.2) is 29.3 Å². The smallest absolute Gasteiger partial charge is 0.281 e. The number of anilines is 2. The summed E-state index contributed by atoms with van der Waals surface area (Å²) in [6, 6.07) is 5.67. The van der Waals surface area contributed by atoms with Gasteiger partial charge < -0.3 is 20.8 Å². The van der Waals surface area contributed by atoms with Gasteiger partial charge in [0.05, 0.1) is 17.4 Å². The van der Waals surface area contributed by atoms with Crippen molar-refractivity contribution < 1.29 is 23.4 Å². The molecule has 10 nitrogen and oxygen atoms in total. The van der Waals surface area contributed by atoms with E-state index in [1.807, 2.05) is 25.7 Å². The van der Waals surface area contributed by atoms with E-state index in [2.05, 4.69) is 30.5 Å². The normalized spacial score (nSPS) is 21.4. The van der Waals surface area contributed by atoms with E-state index in [9.17, 15) is 23.4 Å². The van der Waals surface area contributed by atoms with Gasteiger partial charge in [-0.2, -0.15) is 8.42 Å². The summed E-state index contributed by atoms with van der Waals surface area (Å²) in [5.41, 5.74) is 5.66. The van der Waals surface area contributed by atoms with Crippen LogP contribution in [0.4, 0.5) is 11.6 Å². The second-order valence-electron chi connectivity index (χ2n) is 12.9. The average Bonchev–Trinajstić information content (AvgIpc) is 3.50. The number of pyridine rings is 2. The van der Waals surface area contributed by atoms with Crippen LogP contribution < -0.4 is 15.4 Å². The third kappa shape index (κ3) is 5.82. The quantitative estimate of drug-likeness (QED) is 0.387. The van der Waals surface area contributed by atoms with Crippen molar-refractivity contribution in [3.05, 3.63) is 41.1 Å². The van der Waals surface area contributed by atoms with Crippen LogP contribution in [0.5, 0.6) is 0 Å². The van der Waals surface area contributed by atoms with Gasteiger partial charge in [-0.1, -0.05) is 46.6 Å². The number of rotatable bonds is 7. The van der Waals surface area contributed by atoms with Crippen LogP contribution in [0, 0.1) is 11.8 Å². The molecule has 2 fully saturated rings. The highest BCUT2D eigenvalue weighted by Gasteiger charge is 2.43. The van der Waals surface area contributed by atoms with Crippen molar-refractivity contribution in [2.45, 2.75) is 102 Å². The number of aliphatic hydroxyl groups excluding tert-OH is 2. The fraction of sp³-hybridized carbons (Fsp3) is 0.621. The molecule has 1 saturated heterocycles. The number of sulfonamides is 1. The van der Waals surface area contributed by atoms with Gasteiger partial charge in [0.1, 0.15) is 17.7 Å². The molecule has 1 aliphatic heterocycles. The highest BCUT2D eigenvalue weighted by molar-refractivity contribution is 7.90. The third-order valence-electron chi connectivity index (χ3n) is 8.70. The van der Waals surface area contributed by atoms with Crippen molar-refractivity contribution in [2.24, 2.45) is 11.8 Å². The lowest BCUT2D eigenvalue weighted by molar-refractivity contribution is -0.0181. The van der Waals surface area contributed by atoms with E-state index < -0.39 is 33.6 Å². The molecule has 2 aromatic heterocycles. The predicted octanol–water partition coefficient (Wildman–Crippen LogP) is 3.68. The van der Waals surface area contributed by atoms with Crippen LogP contribution in [0.25, 0.3) is 0 Å². The lowest BCUT2D eigenvalue weighted by Crippen LogP contribution is -2.44. The Morgan fingerprint density at radius 2 is 1.80 bits per heavy atom. The molecule has 1 amide bonds. The van der Waals surface area contributed by atoms with E-state index in [-0.39, 0.29) is 33.8 Å². The van der Waals surface area contributed by atoms with Gasteiger partial charge >= 0.3 is 0 Å². The number of aliphatic hydroxyl groups is 2. The van der Waals surface area contributed by atoms with Crippen molar-refractivity contribution in [2.75, 3.05) is 17.2 Å². The zero-order valence-corrected chi connectivity index (χ0v) is 25.1. The summed E-state index contributed by atoms with van der Waals surface area (Å²) in [6.07, 6.45) is 2.16. The topological polar surface area (TPSA) is 159 Å². The number of carbonyl (C=O) groups is 1. The van der Waals surface area contributed by atoms with Gasteiger partial charge in [0.15, 0.2) is 5.03 Å². The zero-order valence-electron chi connectivity index (χ0n) is 24.3. The molecule has 0 aromatic carbocycles. The van der Waals surface area contributed by atoms with Gasteiger partial charge in [-0.3, -0.25) is 4.79 Å². The minimum absolute atomic E-state index is 0.00585. The van der Waals surface area contributed by atoms with E-state index in [0.717, 1.165) is 32.1 Å². The molecule has 4 rings (SSSR count). The van der Waals surface area contributed by atoms with Crippen molar-refractivity contribution in [1.29, 1.82) is 0 Å². The maximum atomic E-state index is 13.8. The Hall–Kier alpha value is -2.76. The lowest BCUT2D eigenvalue weighted by Gasteiger charge is -2.38. The monoisotopic (exact) mass is 573 g/mol. The zero-order chi connectivity index (χ0) is 29.6. The minimum Gasteiger partial charge on any atom is -0.390 e. The number of nitrogens with one attached hydrogen (secondary N) is 1. The number of carbonyl (C=O) groups excluding carboxylic acids is 1. The van der Waals surface area contributed by atoms with Crippen LogP contribution >= 0.6 is 0 Å². The Bertz CT molecular complexity index is 1370. The van der Waals surface area contributed by atoms with Crippen molar-refractivity contribution in [3.8, 4) is 0 Å². The van der Waals surface area contributed by atoms with Crippen molar-refractivity contribution >= 4 is 27.6 Å². The molecule has 3 heterocycles. The summed E-state index contributed by atoms with van der Waals surface area (Å²) in [5.74, 6) is -0.317. The number of nitrogen functional groups attached to an aromatic ring is 1. The van der Waals surface area contributed by atoms with Crippen molar-refractivity contribution in [1.82, 2.24) is 14.7 Å². The van der Waals surface area contributed by atoms with Gasteiger partial charge in [0.25, 0.3) is 15.9 Å². The maximum absolute atomic E-state index is 13.8. The SMILES string of the molecule is CC1CCN(c2nc(C(C)(C)C)c(C(O)C(O)C3CCCC3)cc2C(=O)NS(=O)(=O)c2cccc(N)n2)C1(C)C. The van der Waals surface area contributed by atoms with E-state index >= 15 is 0 Å². The summed E-state index contributed by atoms with van der Waals surface area (Å²) in [7, 11) is -4.36. The number of aromatic nitrogens is 2. The second kappa shape index (κ2) is 10.9. The Kier molecular flexibility index (Phi) is 8.23. The molecule has 5 N–H and O–H groups in total. The first kappa shape index (κ1) is 30.2. The molecule has 2 aromatic rings. The largest absolute Gasteiger partial charge is 0.390 e. The fourth-order valence-electron chi connectivity index (χ4n) is 5.88. The molecular formula is C29H43N5O5S. The molecule has 3 atom stereocenters. The molecule has 0 radical (unpaired) electrons. The van der Waals surface area contributed by atoms with Gasteiger partial charge in [0, 0.05) is 23.1 Å². The molecule has 40 heavy (non-hydrogen) atoms. The molecule has 1 saturated carbocycles. The average molecular weight is 574 g/mol. The summed E-state index contributed by atoms with van der Waals surface area (Å²) >= 11 is 0.